The van der Waals surface area contributed by atoms with Crippen molar-refractivity contribution in [3.8, 4) is 0 Å². The van der Waals surface area contributed by atoms with E-state index in [0.717, 1.165) is 0 Å². The Bertz CT molecular complexity index is 384. The molecule has 1 fully saturated rings. The first-order chi connectivity index (χ1) is 8.52. The Balaban J connectivity index is 3.17. The highest BCUT2D eigenvalue weighted by atomic mass is 35.5. The second-order valence-electron chi connectivity index (χ2n) is 3.49. The monoisotopic (exact) mass is 295 g/mol. The number of nitrogens with one attached hydrogen (secondary N) is 1. The molecule has 0 radical (unpaired) electrons. The summed E-state index contributed by atoms with van der Waals surface area (Å²) in [6, 6.07) is 0. The van der Waals surface area contributed by atoms with Crippen LogP contribution in [0.2, 0.25) is 0 Å². The van der Waals surface area contributed by atoms with Gasteiger partial charge in [0.15, 0.2) is 5.03 Å². The topological polar surface area (TPSA) is 67.6 Å². The van der Waals surface area contributed by atoms with E-state index in [2.05, 4.69) is 5.32 Å². The van der Waals surface area contributed by atoms with Crippen molar-refractivity contribution in [2.24, 2.45) is 0 Å². The van der Waals surface area contributed by atoms with Crippen LogP contribution in [-0.4, -0.2) is 36.1 Å². The van der Waals surface area contributed by atoms with E-state index in [9.17, 15) is 10.1 Å². The van der Waals surface area contributed by atoms with E-state index >= 15 is 0 Å². The number of hydrogen-bond donors (Lipinski definition) is 1. The molecule has 8 heteroatoms. The molecule has 0 aromatic heterocycles. The lowest BCUT2D eigenvalue weighted by molar-refractivity contribution is -0.423. The summed E-state index contributed by atoms with van der Waals surface area (Å²) in [4.78, 5) is 12.2. The Labute approximate surface area is 115 Å². The maximum atomic E-state index is 11.1. The van der Waals surface area contributed by atoms with Crippen molar-refractivity contribution in [3.05, 3.63) is 31.9 Å². The van der Waals surface area contributed by atoms with Gasteiger partial charge in [0.2, 0.25) is 0 Å². The van der Waals surface area contributed by atoms with Crippen molar-refractivity contribution in [2.75, 3.05) is 26.2 Å². The Hall–Kier alpha value is -1.14. The molecule has 0 spiro atoms. The number of nitro groups is 1. The van der Waals surface area contributed by atoms with Crippen molar-refractivity contribution in [2.45, 2.75) is 13.8 Å². The molecule has 0 amide bonds. The number of halogens is 2. The van der Waals surface area contributed by atoms with Gasteiger partial charge in [0, 0.05) is 13.1 Å². The summed E-state index contributed by atoms with van der Waals surface area (Å²) in [5.41, 5.74) is -0.328. The van der Waals surface area contributed by atoms with E-state index in [1.165, 1.54) is 0 Å². The minimum atomic E-state index is -0.595. The minimum Gasteiger partial charge on any atom is -0.472 e. The molecule has 1 aliphatic rings. The predicted molar refractivity (Wildman–Crippen MR) is 69.6 cm³/mol. The fraction of sp³-hybridized carbons (Fsp3) is 0.600. The standard InChI is InChI=1S/C10H15Cl2N3O3/c1-3-14(4-2)9(12)7(11)8(15(16)17)10-13-5-6-18-10/h13H,3-6H2,1-2H3/b9-7+,10-8-. The Morgan fingerprint density at radius 2 is 2.11 bits per heavy atom. The predicted octanol–water partition coefficient (Wildman–Crippen LogP) is 2.04. The highest BCUT2D eigenvalue weighted by Gasteiger charge is 2.30. The normalized spacial score (nSPS) is 18.7. The summed E-state index contributed by atoms with van der Waals surface area (Å²) in [6.45, 7) is 5.89. The van der Waals surface area contributed by atoms with Crippen LogP contribution in [0.1, 0.15) is 13.8 Å². The van der Waals surface area contributed by atoms with Crippen molar-refractivity contribution in [1.82, 2.24) is 10.2 Å². The number of rotatable bonds is 5. The molecule has 0 aromatic rings. The van der Waals surface area contributed by atoms with Crippen LogP contribution in [-0.2, 0) is 4.74 Å². The maximum Gasteiger partial charge on any atom is 0.349 e. The molecule has 102 valence electrons. The molecule has 1 heterocycles. The van der Waals surface area contributed by atoms with Gasteiger partial charge in [0.05, 0.1) is 11.5 Å². The number of ether oxygens (including phenoxy) is 1. The molecule has 1 rings (SSSR count). The minimum absolute atomic E-state index is 0.0651. The number of hydrogen-bond acceptors (Lipinski definition) is 5. The van der Waals surface area contributed by atoms with Crippen LogP contribution in [0.3, 0.4) is 0 Å². The smallest absolute Gasteiger partial charge is 0.349 e. The van der Waals surface area contributed by atoms with E-state index in [1.54, 1.807) is 4.90 Å². The second kappa shape index (κ2) is 6.70. The molecule has 0 unspecified atom stereocenters. The SMILES string of the molecule is CCN(CC)/C(Cl)=C(Cl)\C(=C1/NCCO1)[N+](=O)[O-]. The third kappa shape index (κ3) is 3.20. The van der Waals surface area contributed by atoms with Crippen LogP contribution >= 0.6 is 23.2 Å². The van der Waals surface area contributed by atoms with Crippen molar-refractivity contribution in [1.29, 1.82) is 0 Å². The fourth-order valence-electron chi connectivity index (χ4n) is 1.52. The van der Waals surface area contributed by atoms with Crippen molar-refractivity contribution >= 4 is 23.2 Å². The van der Waals surface area contributed by atoms with Gasteiger partial charge < -0.3 is 15.0 Å². The van der Waals surface area contributed by atoms with Crippen LogP contribution in [0.5, 0.6) is 0 Å². The lowest BCUT2D eigenvalue weighted by Crippen LogP contribution is -2.22. The Kier molecular flexibility index (Phi) is 5.55. The van der Waals surface area contributed by atoms with Gasteiger partial charge in [0.25, 0.3) is 5.88 Å². The van der Waals surface area contributed by atoms with Gasteiger partial charge in [0.1, 0.15) is 11.8 Å². The quantitative estimate of drug-likeness (QED) is 0.478. The van der Waals surface area contributed by atoms with Gasteiger partial charge in [-0.3, -0.25) is 10.1 Å². The third-order valence-corrected chi connectivity index (χ3v) is 3.34. The van der Waals surface area contributed by atoms with Gasteiger partial charge in [-0.15, -0.1) is 0 Å². The van der Waals surface area contributed by atoms with Gasteiger partial charge in [-0.2, -0.15) is 0 Å². The van der Waals surface area contributed by atoms with E-state index in [0.29, 0.717) is 26.2 Å². The zero-order valence-corrected chi connectivity index (χ0v) is 11.7. The molecule has 0 aliphatic carbocycles. The highest BCUT2D eigenvalue weighted by Crippen LogP contribution is 2.28. The first-order valence-electron chi connectivity index (χ1n) is 5.58. The summed E-state index contributed by atoms with van der Waals surface area (Å²) in [5, 5.41) is 13.9. The van der Waals surface area contributed by atoms with Gasteiger partial charge in [-0.05, 0) is 13.8 Å². The average Bonchev–Trinajstić information content (AvgIpc) is 2.83. The molecule has 0 aromatic carbocycles. The van der Waals surface area contributed by atoms with Crippen molar-refractivity contribution in [3.63, 3.8) is 0 Å². The van der Waals surface area contributed by atoms with Crippen LogP contribution in [0.25, 0.3) is 0 Å². The van der Waals surface area contributed by atoms with Crippen LogP contribution < -0.4 is 5.32 Å². The Morgan fingerprint density at radius 3 is 2.50 bits per heavy atom. The largest absolute Gasteiger partial charge is 0.472 e. The molecule has 0 bridgehead atoms. The lowest BCUT2D eigenvalue weighted by Gasteiger charge is -2.20. The Morgan fingerprint density at radius 1 is 1.50 bits per heavy atom. The molecule has 0 saturated carbocycles. The molecule has 0 atom stereocenters. The first-order valence-corrected chi connectivity index (χ1v) is 6.34. The van der Waals surface area contributed by atoms with E-state index in [-0.39, 0.29) is 21.8 Å². The maximum absolute atomic E-state index is 11.1. The second-order valence-corrected chi connectivity index (χ2v) is 4.22. The molecule has 6 nitrogen and oxygen atoms in total. The molecule has 18 heavy (non-hydrogen) atoms. The zero-order valence-electron chi connectivity index (χ0n) is 10.2. The summed E-state index contributed by atoms with van der Waals surface area (Å²) in [6.07, 6.45) is 0. The van der Waals surface area contributed by atoms with Crippen LogP contribution in [0, 0.1) is 10.1 Å². The molecular formula is C10H15Cl2N3O3. The third-order valence-electron chi connectivity index (χ3n) is 2.46. The summed E-state index contributed by atoms with van der Waals surface area (Å²) in [7, 11) is 0. The zero-order chi connectivity index (χ0) is 13.7. The van der Waals surface area contributed by atoms with E-state index < -0.39 is 4.92 Å². The van der Waals surface area contributed by atoms with E-state index in [1.807, 2.05) is 13.8 Å². The molecule has 1 aliphatic heterocycles. The van der Waals surface area contributed by atoms with Crippen LogP contribution in [0.15, 0.2) is 21.8 Å². The number of nitrogens with zero attached hydrogens (tertiary/aromatic N) is 2. The summed E-state index contributed by atoms with van der Waals surface area (Å²) >= 11 is 12.1. The number of allylic oxidation sites excluding steroid dienone is 1. The molecule has 1 saturated heterocycles. The van der Waals surface area contributed by atoms with Gasteiger partial charge in [-0.25, -0.2) is 0 Å². The van der Waals surface area contributed by atoms with Crippen molar-refractivity contribution < 1.29 is 9.66 Å². The van der Waals surface area contributed by atoms with Gasteiger partial charge in [-0.1, -0.05) is 23.2 Å². The molecule has 1 N–H and O–H groups in total. The molecular weight excluding hydrogens is 281 g/mol. The first kappa shape index (κ1) is 14.9. The fourth-order valence-corrected chi connectivity index (χ4v) is 2.12. The van der Waals surface area contributed by atoms with Gasteiger partial charge >= 0.3 is 5.70 Å². The average molecular weight is 296 g/mol. The van der Waals surface area contributed by atoms with Crippen LogP contribution in [0.4, 0.5) is 0 Å². The summed E-state index contributed by atoms with van der Waals surface area (Å²) < 4.78 is 5.13. The van der Waals surface area contributed by atoms with E-state index in [4.69, 9.17) is 27.9 Å². The highest BCUT2D eigenvalue weighted by molar-refractivity contribution is 6.40. The summed E-state index contributed by atoms with van der Waals surface area (Å²) in [5.74, 6) is 0.0651. The lowest BCUT2D eigenvalue weighted by atomic mass is 10.4.